The molecular formula is C34H42N6O6S. The number of phenolic OH excluding ortho intramolecular Hbond substituents is 1. The first-order valence-corrected chi connectivity index (χ1v) is 16.5. The molecule has 0 bridgehead atoms. The summed E-state index contributed by atoms with van der Waals surface area (Å²) in [4.78, 5) is 64.6. The number of amides is 5. The van der Waals surface area contributed by atoms with E-state index in [1.807, 2.05) is 18.4 Å². The topological polar surface area (TPSA) is 206 Å². The van der Waals surface area contributed by atoms with Gasteiger partial charge in [-0.2, -0.15) is 11.8 Å². The van der Waals surface area contributed by atoms with Gasteiger partial charge in [0.25, 0.3) is 0 Å². The van der Waals surface area contributed by atoms with Crippen molar-refractivity contribution in [3.63, 3.8) is 0 Å². The lowest BCUT2D eigenvalue weighted by Gasteiger charge is -2.23. The predicted octanol–water partition coefficient (Wildman–Crippen LogP) is 0.556. The van der Waals surface area contributed by atoms with Gasteiger partial charge in [-0.1, -0.05) is 72.8 Å². The van der Waals surface area contributed by atoms with E-state index in [0.29, 0.717) is 12.2 Å². The van der Waals surface area contributed by atoms with Crippen molar-refractivity contribution >= 4 is 41.3 Å². The van der Waals surface area contributed by atoms with E-state index < -0.39 is 60.2 Å². The molecule has 12 nitrogen and oxygen atoms in total. The van der Waals surface area contributed by atoms with Crippen LogP contribution in [0, 0.1) is 0 Å². The van der Waals surface area contributed by atoms with Gasteiger partial charge >= 0.3 is 0 Å². The fourth-order valence-corrected chi connectivity index (χ4v) is 5.18. The molecule has 0 aliphatic heterocycles. The highest BCUT2D eigenvalue weighted by atomic mass is 32.2. The van der Waals surface area contributed by atoms with Crippen LogP contribution in [0.3, 0.4) is 0 Å². The van der Waals surface area contributed by atoms with E-state index in [1.165, 1.54) is 23.9 Å². The number of thioether (sulfide) groups is 1. The molecule has 9 N–H and O–H groups in total. The highest BCUT2D eigenvalue weighted by molar-refractivity contribution is 7.98. The third kappa shape index (κ3) is 12.8. The van der Waals surface area contributed by atoms with Crippen LogP contribution in [0.4, 0.5) is 0 Å². The lowest BCUT2D eigenvalue weighted by atomic mass is 10.0. The second-order valence-electron chi connectivity index (χ2n) is 11.0. The Morgan fingerprint density at radius 3 is 1.72 bits per heavy atom. The van der Waals surface area contributed by atoms with Gasteiger partial charge in [-0.05, 0) is 53.7 Å². The highest BCUT2D eigenvalue weighted by Gasteiger charge is 2.28. The van der Waals surface area contributed by atoms with Gasteiger partial charge in [0.15, 0.2) is 0 Å². The molecule has 3 aromatic carbocycles. The van der Waals surface area contributed by atoms with Gasteiger partial charge in [-0.15, -0.1) is 0 Å². The Morgan fingerprint density at radius 2 is 1.19 bits per heavy atom. The monoisotopic (exact) mass is 662 g/mol. The minimum absolute atomic E-state index is 0.0865. The van der Waals surface area contributed by atoms with Crippen LogP contribution in [0.5, 0.6) is 5.75 Å². The molecule has 47 heavy (non-hydrogen) atoms. The Labute approximate surface area is 278 Å². The molecule has 0 fully saturated rings. The van der Waals surface area contributed by atoms with Crippen molar-refractivity contribution in [2.24, 2.45) is 11.5 Å². The number of benzene rings is 3. The van der Waals surface area contributed by atoms with Gasteiger partial charge < -0.3 is 37.8 Å². The quantitative estimate of drug-likeness (QED) is 0.102. The molecule has 0 radical (unpaired) electrons. The molecule has 3 aromatic rings. The van der Waals surface area contributed by atoms with Crippen molar-refractivity contribution in [2.45, 2.75) is 49.9 Å². The van der Waals surface area contributed by atoms with Gasteiger partial charge in [-0.25, -0.2) is 0 Å². The molecule has 3 rings (SSSR count). The molecule has 4 atom stereocenters. The first-order valence-electron chi connectivity index (χ1n) is 15.1. The Balaban J connectivity index is 1.67. The fourth-order valence-electron chi connectivity index (χ4n) is 4.71. The van der Waals surface area contributed by atoms with E-state index in [-0.39, 0.29) is 25.0 Å². The number of nitrogens with one attached hydrogen (secondary N) is 4. The Morgan fingerprint density at radius 1 is 0.681 bits per heavy atom. The van der Waals surface area contributed by atoms with Crippen LogP contribution in [0.15, 0.2) is 84.9 Å². The Bertz CT molecular complexity index is 1480. The van der Waals surface area contributed by atoms with E-state index in [0.717, 1.165) is 16.7 Å². The largest absolute Gasteiger partial charge is 0.508 e. The second-order valence-corrected chi connectivity index (χ2v) is 12.0. The molecule has 5 amide bonds. The standard InChI is InChI=1S/C34H42N6O6S/c1-47-17-16-27(31(36)43)39-34(46)29(20-23-10-6-3-7-11-23)38-30(42)21-37-33(45)28(19-22-8-4-2-5-9-22)40-32(44)26(35)18-24-12-14-25(41)15-13-24/h2-15,26-29,41H,16-21,35H2,1H3,(H2,36,43)(H,37,45)(H,38,42)(H,39,46)(H,40,44)/t26-,27+,28-,29-/m0/s1. The highest BCUT2D eigenvalue weighted by Crippen LogP contribution is 2.12. The minimum Gasteiger partial charge on any atom is -0.508 e. The predicted molar refractivity (Wildman–Crippen MR) is 181 cm³/mol. The van der Waals surface area contributed by atoms with Crippen LogP contribution in [-0.2, 0) is 43.2 Å². The number of carbonyl (C=O) groups is 5. The molecule has 13 heteroatoms. The van der Waals surface area contributed by atoms with Crippen molar-refractivity contribution in [3.8, 4) is 5.75 Å². The minimum atomic E-state index is -1.06. The van der Waals surface area contributed by atoms with Crippen molar-refractivity contribution in [1.29, 1.82) is 0 Å². The van der Waals surface area contributed by atoms with E-state index in [2.05, 4.69) is 21.3 Å². The summed E-state index contributed by atoms with van der Waals surface area (Å²) in [7, 11) is 0. The Kier molecular flexibility index (Phi) is 14.7. The van der Waals surface area contributed by atoms with Crippen LogP contribution >= 0.6 is 11.8 Å². The maximum Gasteiger partial charge on any atom is 0.243 e. The Hall–Kier alpha value is -4.88. The molecule has 0 spiro atoms. The zero-order chi connectivity index (χ0) is 34.2. The maximum atomic E-state index is 13.3. The summed E-state index contributed by atoms with van der Waals surface area (Å²) in [5, 5.41) is 20.1. The molecule has 0 aromatic heterocycles. The lowest BCUT2D eigenvalue weighted by molar-refractivity contribution is -0.132. The summed E-state index contributed by atoms with van der Waals surface area (Å²) in [5.41, 5.74) is 13.9. The lowest BCUT2D eigenvalue weighted by Crippen LogP contribution is -2.56. The molecule has 250 valence electrons. The summed E-state index contributed by atoms with van der Waals surface area (Å²) >= 11 is 1.50. The van der Waals surface area contributed by atoms with Gasteiger partial charge in [0.2, 0.25) is 29.5 Å². The fraction of sp³-hybridized carbons (Fsp3) is 0.324. The third-order valence-electron chi connectivity index (χ3n) is 7.27. The number of hydrogen-bond acceptors (Lipinski definition) is 8. The third-order valence-corrected chi connectivity index (χ3v) is 7.92. The van der Waals surface area contributed by atoms with Crippen LogP contribution in [0.2, 0.25) is 0 Å². The van der Waals surface area contributed by atoms with Gasteiger partial charge in [-0.3, -0.25) is 24.0 Å². The number of rotatable bonds is 18. The number of nitrogens with two attached hydrogens (primary N) is 2. The average molecular weight is 663 g/mol. The van der Waals surface area contributed by atoms with Crippen LogP contribution in [-0.4, -0.2) is 77.4 Å². The molecule has 0 aliphatic carbocycles. The SMILES string of the molecule is CSCC[C@@H](NC(=O)[C@H](Cc1ccccc1)NC(=O)CNC(=O)[C@H](Cc1ccccc1)NC(=O)[C@@H](N)Cc1ccc(O)cc1)C(N)=O. The maximum absolute atomic E-state index is 13.3. The van der Waals surface area contributed by atoms with Crippen LogP contribution in [0.1, 0.15) is 23.1 Å². The second kappa shape index (κ2) is 18.9. The van der Waals surface area contributed by atoms with Crippen molar-refractivity contribution in [1.82, 2.24) is 21.3 Å². The molecular weight excluding hydrogens is 620 g/mol. The molecule has 0 saturated carbocycles. The first kappa shape index (κ1) is 36.6. The van der Waals surface area contributed by atoms with Gasteiger partial charge in [0, 0.05) is 12.8 Å². The molecule has 0 heterocycles. The van der Waals surface area contributed by atoms with E-state index >= 15 is 0 Å². The summed E-state index contributed by atoms with van der Waals surface area (Å²) in [6, 6.07) is 20.4. The van der Waals surface area contributed by atoms with Crippen molar-refractivity contribution < 1.29 is 29.1 Å². The number of aromatic hydroxyl groups is 1. The number of phenols is 1. The molecule has 0 saturated heterocycles. The first-order chi connectivity index (χ1) is 22.5. The van der Waals surface area contributed by atoms with Gasteiger partial charge in [0.05, 0.1) is 12.6 Å². The summed E-state index contributed by atoms with van der Waals surface area (Å²) < 4.78 is 0. The van der Waals surface area contributed by atoms with Crippen molar-refractivity contribution in [2.75, 3.05) is 18.6 Å². The van der Waals surface area contributed by atoms with Crippen LogP contribution in [0.25, 0.3) is 0 Å². The zero-order valence-corrected chi connectivity index (χ0v) is 27.0. The van der Waals surface area contributed by atoms with Crippen molar-refractivity contribution in [3.05, 3.63) is 102 Å². The van der Waals surface area contributed by atoms with Crippen LogP contribution < -0.4 is 32.7 Å². The number of carbonyl (C=O) groups excluding carboxylic acids is 5. The zero-order valence-electron chi connectivity index (χ0n) is 26.2. The molecule has 0 unspecified atom stereocenters. The average Bonchev–Trinajstić information content (AvgIpc) is 3.06. The van der Waals surface area contributed by atoms with E-state index in [9.17, 15) is 29.1 Å². The normalized spacial score (nSPS) is 13.3. The summed E-state index contributed by atoms with van der Waals surface area (Å²) in [6.45, 7) is -0.482. The number of primary amides is 1. The number of hydrogen-bond donors (Lipinski definition) is 7. The van der Waals surface area contributed by atoms with E-state index in [1.54, 1.807) is 60.7 Å². The van der Waals surface area contributed by atoms with E-state index in [4.69, 9.17) is 11.5 Å². The summed E-state index contributed by atoms with van der Waals surface area (Å²) in [5.74, 6) is -2.42. The smallest absolute Gasteiger partial charge is 0.243 e. The van der Waals surface area contributed by atoms with Gasteiger partial charge in [0.1, 0.15) is 23.9 Å². The molecule has 0 aliphatic rings. The summed E-state index contributed by atoms with van der Waals surface area (Å²) in [6.07, 6.45) is 2.64.